The van der Waals surface area contributed by atoms with Gasteiger partial charge in [0.05, 0.1) is 23.1 Å². The van der Waals surface area contributed by atoms with Gasteiger partial charge in [-0.25, -0.2) is 0 Å². The highest BCUT2D eigenvalue weighted by atomic mass is 32.2. The van der Waals surface area contributed by atoms with Gasteiger partial charge >= 0.3 is 0 Å². The number of hydrogen-bond acceptors (Lipinski definition) is 6. The molecule has 9 heteroatoms. The maximum Gasteiger partial charge on any atom is 0.235 e. The Balaban J connectivity index is 1.51. The van der Waals surface area contributed by atoms with E-state index in [0.29, 0.717) is 28.4 Å². The number of nitrogens with one attached hydrogen (secondary N) is 1. The van der Waals surface area contributed by atoms with Crippen molar-refractivity contribution in [2.24, 2.45) is 7.05 Å². The second-order valence-electron chi connectivity index (χ2n) is 8.30. The van der Waals surface area contributed by atoms with Crippen molar-refractivity contribution in [1.82, 2.24) is 19.3 Å². The third kappa shape index (κ3) is 4.07. The van der Waals surface area contributed by atoms with Gasteiger partial charge in [-0.15, -0.1) is 10.2 Å². The lowest BCUT2D eigenvalue weighted by atomic mass is 9.95. The van der Waals surface area contributed by atoms with E-state index in [1.807, 2.05) is 38.5 Å². The van der Waals surface area contributed by atoms with Crippen LogP contribution in [0.4, 0.5) is 5.82 Å². The molecule has 0 bridgehead atoms. The molecule has 1 saturated carbocycles. The minimum Gasteiger partial charge on any atom is -0.469 e. The second-order valence-corrected chi connectivity index (χ2v) is 9.24. The highest BCUT2D eigenvalue weighted by molar-refractivity contribution is 7.99. The van der Waals surface area contributed by atoms with Crippen LogP contribution in [0.2, 0.25) is 0 Å². The van der Waals surface area contributed by atoms with E-state index >= 15 is 0 Å². The Morgan fingerprint density at radius 2 is 2.03 bits per heavy atom. The van der Waals surface area contributed by atoms with Gasteiger partial charge in [0, 0.05) is 18.8 Å². The molecule has 1 fully saturated rings. The van der Waals surface area contributed by atoms with Crippen molar-refractivity contribution in [3.63, 3.8) is 0 Å². The number of nitrogens with zero attached hydrogens (tertiary/aromatic N) is 5. The largest absolute Gasteiger partial charge is 0.469 e. The molecular formula is C23H28N6O2S. The van der Waals surface area contributed by atoms with E-state index in [-0.39, 0.29) is 11.7 Å². The smallest absolute Gasteiger partial charge is 0.235 e. The number of rotatable bonds is 6. The van der Waals surface area contributed by atoms with Crippen molar-refractivity contribution in [2.75, 3.05) is 11.1 Å². The monoisotopic (exact) mass is 452 g/mol. The van der Waals surface area contributed by atoms with Crippen LogP contribution in [0.1, 0.15) is 60.7 Å². The number of carbonyl (C=O) groups excluding carboxylic acids is 1. The van der Waals surface area contributed by atoms with Gasteiger partial charge in [-0.3, -0.25) is 4.79 Å². The van der Waals surface area contributed by atoms with Crippen molar-refractivity contribution in [3.05, 3.63) is 34.9 Å². The molecular weight excluding hydrogens is 424 g/mol. The van der Waals surface area contributed by atoms with Gasteiger partial charge in [-0.05, 0) is 45.2 Å². The number of hydrogen-bond donors (Lipinski definition) is 1. The van der Waals surface area contributed by atoms with Crippen molar-refractivity contribution in [3.8, 4) is 17.5 Å². The van der Waals surface area contributed by atoms with Crippen LogP contribution < -0.4 is 5.32 Å². The van der Waals surface area contributed by atoms with Crippen LogP contribution in [0.25, 0.3) is 11.4 Å². The number of amides is 1. The maximum absolute atomic E-state index is 12.9. The SMILES string of the molecule is Cc1occc1-c1nnc(SCC(=O)Nc2c(C#N)c(C)c(C)n2C2CCCCC2)n1C. The molecule has 0 aromatic carbocycles. The van der Waals surface area contributed by atoms with Crippen LogP contribution in [0.3, 0.4) is 0 Å². The molecule has 3 aromatic rings. The highest BCUT2D eigenvalue weighted by Gasteiger charge is 2.26. The molecule has 0 radical (unpaired) electrons. The third-order valence-corrected chi connectivity index (χ3v) is 7.35. The predicted molar refractivity (Wildman–Crippen MR) is 124 cm³/mol. The van der Waals surface area contributed by atoms with Gasteiger partial charge in [-0.2, -0.15) is 5.26 Å². The lowest BCUT2D eigenvalue weighted by Gasteiger charge is -2.27. The normalized spacial score (nSPS) is 14.5. The highest BCUT2D eigenvalue weighted by Crippen LogP contribution is 2.37. The summed E-state index contributed by atoms with van der Waals surface area (Å²) in [5.41, 5.74) is 3.44. The van der Waals surface area contributed by atoms with Crippen molar-refractivity contribution >= 4 is 23.5 Å². The van der Waals surface area contributed by atoms with Crippen molar-refractivity contribution in [2.45, 2.75) is 64.1 Å². The van der Waals surface area contributed by atoms with Crippen LogP contribution in [-0.4, -0.2) is 31.0 Å². The Morgan fingerprint density at radius 1 is 1.28 bits per heavy atom. The van der Waals surface area contributed by atoms with Gasteiger partial charge in [0.15, 0.2) is 11.0 Å². The molecule has 0 spiro atoms. The zero-order valence-electron chi connectivity index (χ0n) is 18.9. The number of aryl methyl sites for hydroxylation is 1. The first-order valence-corrected chi connectivity index (χ1v) is 11.9. The molecule has 3 heterocycles. The standard InChI is InChI=1S/C23H28N6O2S/c1-14-15(2)29(17-8-6-5-7-9-17)21(19(14)12-24)25-20(30)13-32-23-27-26-22(28(23)4)18-10-11-31-16(18)3/h10-11,17H,5-9,13H2,1-4H3,(H,25,30). The summed E-state index contributed by atoms with van der Waals surface area (Å²) in [5.74, 6) is 2.11. The summed E-state index contributed by atoms with van der Waals surface area (Å²) in [6.07, 6.45) is 7.38. The molecule has 8 nitrogen and oxygen atoms in total. The lowest BCUT2D eigenvalue weighted by molar-refractivity contribution is -0.113. The Kier molecular flexibility index (Phi) is 6.42. The summed E-state index contributed by atoms with van der Waals surface area (Å²) in [6, 6.07) is 4.48. The van der Waals surface area contributed by atoms with Crippen LogP contribution >= 0.6 is 11.8 Å². The first-order valence-electron chi connectivity index (χ1n) is 10.9. The molecule has 0 aliphatic heterocycles. The van der Waals surface area contributed by atoms with E-state index in [0.717, 1.165) is 35.4 Å². The zero-order chi connectivity index (χ0) is 22.8. The topological polar surface area (TPSA) is 102 Å². The van der Waals surface area contributed by atoms with E-state index in [1.165, 1.54) is 31.0 Å². The predicted octanol–water partition coefficient (Wildman–Crippen LogP) is 4.91. The van der Waals surface area contributed by atoms with E-state index in [2.05, 4.69) is 26.2 Å². The summed E-state index contributed by atoms with van der Waals surface area (Å²) >= 11 is 1.32. The van der Waals surface area contributed by atoms with Gasteiger partial charge in [0.25, 0.3) is 0 Å². The fourth-order valence-corrected chi connectivity index (χ4v) is 5.18. The molecule has 4 rings (SSSR count). The fraction of sp³-hybridized carbons (Fsp3) is 0.478. The lowest BCUT2D eigenvalue weighted by Crippen LogP contribution is -2.22. The molecule has 1 aliphatic carbocycles. The molecule has 0 saturated heterocycles. The number of furan rings is 1. The van der Waals surface area contributed by atoms with E-state index in [1.54, 1.807) is 6.26 Å². The van der Waals surface area contributed by atoms with E-state index in [9.17, 15) is 10.1 Å². The van der Waals surface area contributed by atoms with Crippen LogP contribution in [0.15, 0.2) is 21.9 Å². The Bertz CT molecular complexity index is 1180. The number of carbonyl (C=O) groups is 1. The Morgan fingerprint density at radius 3 is 2.69 bits per heavy atom. The van der Waals surface area contributed by atoms with Crippen molar-refractivity contribution in [1.29, 1.82) is 5.26 Å². The minimum absolute atomic E-state index is 0.162. The average Bonchev–Trinajstić information content (AvgIpc) is 3.43. The first kappa shape index (κ1) is 22.2. The molecule has 32 heavy (non-hydrogen) atoms. The average molecular weight is 453 g/mol. The molecule has 1 aliphatic rings. The Labute approximate surface area is 192 Å². The van der Waals surface area contributed by atoms with Gasteiger partial charge in [0.2, 0.25) is 5.91 Å². The molecule has 0 atom stereocenters. The molecule has 3 aromatic heterocycles. The molecule has 1 N–H and O–H groups in total. The van der Waals surface area contributed by atoms with Gasteiger partial charge in [-0.1, -0.05) is 31.0 Å². The maximum atomic E-state index is 12.9. The summed E-state index contributed by atoms with van der Waals surface area (Å²) < 4.78 is 9.40. The zero-order valence-corrected chi connectivity index (χ0v) is 19.8. The van der Waals surface area contributed by atoms with Gasteiger partial charge < -0.3 is 18.9 Å². The number of thioether (sulfide) groups is 1. The molecule has 0 unspecified atom stereocenters. The van der Waals surface area contributed by atoms with Gasteiger partial charge in [0.1, 0.15) is 17.6 Å². The first-order chi connectivity index (χ1) is 15.4. The summed E-state index contributed by atoms with van der Waals surface area (Å²) in [4.78, 5) is 12.9. The van der Waals surface area contributed by atoms with E-state index < -0.39 is 0 Å². The van der Waals surface area contributed by atoms with Crippen LogP contribution in [0.5, 0.6) is 0 Å². The quantitative estimate of drug-likeness (QED) is 0.533. The van der Waals surface area contributed by atoms with Crippen molar-refractivity contribution < 1.29 is 9.21 Å². The fourth-order valence-electron chi connectivity index (χ4n) is 4.47. The number of anilines is 1. The number of aromatic nitrogens is 4. The van der Waals surface area contributed by atoms with Crippen LogP contribution in [0, 0.1) is 32.1 Å². The Hall–Kier alpha value is -2.99. The second kappa shape index (κ2) is 9.25. The summed E-state index contributed by atoms with van der Waals surface area (Å²) in [6.45, 7) is 5.87. The van der Waals surface area contributed by atoms with Crippen LogP contribution in [-0.2, 0) is 11.8 Å². The summed E-state index contributed by atoms with van der Waals surface area (Å²) in [5, 5.41) is 21.9. The molecule has 168 valence electrons. The third-order valence-electron chi connectivity index (χ3n) is 6.33. The van der Waals surface area contributed by atoms with E-state index in [4.69, 9.17) is 4.42 Å². The summed E-state index contributed by atoms with van der Waals surface area (Å²) in [7, 11) is 1.87. The number of nitriles is 1. The molecule has 1 amide bonds. The minimum atomic E-state index is -0.162.